The minimum atomic E-state index is -3.11. The van der Waals surface area contributed by atoms with Crippen LogP contribution in [0.25, 0.3) is 10.9 Å². The Morgan fingerprint density at radius 2 is 1.78 bits per heavy atom. The predicted molar refractivity (Wildman–Crippen MR) is 108 cm³/mol. The van der Waals surface area contributed by atoms with Gasteiger partial charge in [0, 0.05) is 36.6 Å². The van der Waals surface area contributed by atoms with E-state index in [0.29, 0.717) is 19.0 Å². The summed E-state index contributed by atoms with van der Waals surface area (Å²) in [6.07, 6.45) is 5.52. The van der Waals surface area contributed by atoms with E-state index in [1.165, 1.54) is 11.1 Å². The van der Waals surface area contributed by atoms with Crippen LogP contribution in [0.2, 0.25) is 0 Å². The largest absolute Gasteiger partial charge is 0.358 e. The first-order valence-electron chi connectivity index (χ1n) is 10.1. The van der Waals surface area contributed by atoms with Crippen LogP contribution in [-0.2, 0) is 14.6 Å². The first-order valence-corrected chi connectivity index (χ1v) is 11.8. The smallest absolute Gasteiger partial charge is 0.223 e. The number of rotatable bonds is 5. The molecule has 4 rings (SSSR count). The highest BCUT2D eigenvalue weighted by Gasteiger charge is 2.30. The zero-order chi connectivity index (χ0) is 18.9. The van der Waals surface area contributed by atoms with Crippen molar-refractivity contribution in [2.75, 3.05) is 18.8 Å². The van der Waals surface area contributed by atoms with Crippen molar-refractivity contribution >= 4 is 26.6 Å². The van der Waals surface area contributed by atoms with Crippen molar-refractivity contribution in [2.24, 2.45) is 0 Å². The minimum Gasteiger partial charge on any atom is -0.358 e. The van der Waals surface area contributed by atoms with Crippen molar-refractivity contribution in [1.29, 1.82) is 0 Å². The third-order valence-electron chi connectivity index (χ3n) is 6.25. The third-order valence-corrected chi connectivity index (χ3v) is 8.51. The molecule has 1 aromatic carbocycles. The first-order chi connectivity index (χ1) is 13.0. The van der Waals surface area contributed by atoms with Crippen molar-refractivity contribution in [1.82, 2.24) is 9.88 Å². The molecule has 27 heavy (non-hydrogen) atoms. The first kappa shape index (κ1) is 18.5. The van der Waals surface area contributed by atoms with Gasteiger partial charge in [0.2, 0.25) is 5.91 Å². The number of hydrogen-bond acceptors (Lipinski definition) is 3. The van der Waals surface area contributed by atoms with Crippen LogP contribution in [0.4, 0.5) is 0 Å². The quantitative estimate of drug-likeness (QED) is 0.850. The Hall–Kier alpha value is -1.82. The fourth-order valence-corrected chi connectivity index (χ4v) is 6.40. The van der Waals surface area contributed by atoms with Crippen LogP contribution in [0.3, 0.4) is 0 Å². The number of likely N-dealkylation sites (tertiary alicyclic amines) is 1. The fourth-order valence-electron chi connectivity index (χ4n) is 4.56. The van der Waals surface area contributed by atoms with Gasteiger partial charge in [0.15, 0.2) is 9.84 Å². The predicted octanol–water partition coefficient (Wildman–Crippen LogP) is 3.62. The van der Waals surface area contributed by atoms with Crippen LogP contribution < -0.4 is 0 Å². The van der Waals surface area contributed by atoms with Crippen LogP contribution in [-0.4, -0.2) is 48.3 Å². The second-order valence-electron chi connectivity index (χ2n) is 7.99. The van der Waals surface area contributed by atoms with E-state index < -0.39 is 9.84 Å². The Morgan fingerprint density at radius 3 is 2.48 bits per heavy atom. The van der Waals surface area contributed by atoms with Crippen LogP contribution in [0.1, 0.15) is 56.6 Å². The average Bonchev–Trinajstić information content (AvgIpc) is 3.36. The van der Waals surface area contributed by atoms with Crippen LogP contribution in [0, 0.1) is 0 Å². The number of hydrogen-bond donors (Lipinski definition) is 1. The van der Waals surface area contributed by atoms with Crippen molar-refractivity contribution in [3.05, 3.63) is 36.0 Å². The molecule has 1 N–H and O–H groups in total. The second kappa shape index (κ2) is 7.66. The van der Waals surface area contributed by atoms with Gasteiger partial charge in [0.05, 0.1) is 11.0 Å². The molecule has 0 unspecified atom stereocenters. The molecule has 1 saturated carbocycles. The van der Waals surface area contributed by atoms with Crippen LogP contribution in [0.15, 0.2) is 30.3 Å². The van der Waals surface area contributed by atoms with E-state index in [0.717, 1.165) is 44.0 Å². The van der Waals surface area contributed by atoms with Crippen LogP contribution >= 0.6 is 0 Å². The van der Waals surface area contributed by atoms with Gasteiger partial charge in [-0.3, -0.25) is 4.79 Å². The number of fused-ring (bicyclic) bond motifs is 1. The maximum Gasteiger partial charge on any atom is 0.223 e. The van der Waals surface area contributed by atoms with Crippen molar-refractivity contribution in [2.45, 2.75) is 56.1 Å². The Labute approximate surface area is 161 Å². The van der Waals surface area contributed by atoms with E-state index in [4.69, 9.17) is 0 Å². The summed E-state index contributed by atoms with van der Waals surface area (Å²) < 4.78 is 24.7. The van der Waals surface area contributed by atoms with Gasteiger partial charge >= 0.3 is 0 Å². The lowest BCUT2D eigenvalue weighted by Crippen LogP contribution is -2.39. The van der Waals surface area contributed by atoms with Gasteiger partial charge in [-0.25, -0.2) is 8.42 Å². The number of benzene rings is 1. The summed E-state index contributed by atoms with van der Waals surface area (Å²) >= 11 is 0. The molecule has 1 saturated heterocycles. The highest BCUT2D eigenvalue weighted by Crippen LogP contribution is 2.30. The Bertz CT molecular complexity index is 871. The van der Waals surface area contributed by atoms with Gasteiger partial charge < -0.3 is 9.88 Å². The lowest BCUT2D eigenvalue weighted by atomic mass is 9.93. The lowest BCUT2D eigenvalue weighted by Gasteiger charge is -2.31. The molecule has 2 aliphatic rings. The molecule has 1 aliphatic carbocycles. The van der Waals surface area contributed by atoms with Crippen molar-refractivity contribution in [3.63, 3.8) is 0 Å². The number of nitrogens with zero attached hydrogens (tertiary/aromatic N) is 1. The normalized spacial score (nSPS) is 19.8. The number of para-hydroxylation sites is 1. The average molecular weight is 389 g/mol. The number of H-pyrrole nitrogens is 1. The topological polar surface area (TPSA) is 70.2 Å². The molecule has 1 aromatic heterocycles. The van der Waals surface area contributed by atoms with Gasteiger partial charge in [0.1, 0.15) is 0 Å². The molecule has 1 amide bonds. The maximum atomic E-state index is 12.5. The highest BCUT2D eigenvalue weighted by molar-refractivity contribution is 7.92. The molecule has 0 atom stereocenters. The van der Waals surface area contributed by atoms with E-state index >= 15 is 0 Å². The molecule has 146 valence electrons. The molecule has 2 aromatic rings. The monoisotopic (exact) mass is 388 g/mol. The number of aromatic nitrogens is 1. The molecular formula is C21H28N2O3S. The molecule has 2 heterocycles. The summed E-state index contributed by atoms with van der Waals surface area (Å²) in [7, 11) is -3.11. The van der Waals surface area contributed by atoms with E-state index in [9.17, 15) is 13.2 Å². The van der Waals surface area contributed by atoms with E-state index in [-0.39, 0.29) is 23.3 Å². The number of aromatic amines is 1. The van der Waals surface area contributed by atoms with Crippen LogP contribution in [0.5, 0.6) is 0 Å². The van der Waals surface area contributed by atoms with Gasteiger partial charge in [-0.2, -0.15) is 0 Å². The summed E-state index contributed by atoms with van der Waals surface area (Å²) in [5.41, 5.74) is 2.40. The van der Waals surface area contributed by atoms with Crippen molar-refractivity contribution < 1.29 is 13.2 Å². The van der Waals surface area contributed by atoms with Gasteiger partial charge in [-0.05, 0) is 43.2 Å². The summed E-state index contributed by atoms with van der Waals surface area (Å²) in [6.45, 7) is 1.42. The Balaban J connectivity index is 1.30. The summed E-state index contributed by atoms with van der Waals surface area (Å²) in [4.78, 5) is 17.9. The zero-order valence-electron chi connectivity index (χ0n) is 15.7. The zero-order valence-corrected chi connectivity index (χ0v) is 16.5. The third kappa shape index (κ3) is 4.05. The number of piperidine rings is 1. The van der Waals surface area contributed by atoms with Crippen molar-refractivity contribution in [3.8, 4) is 0 Å². The molecule has 0 spiro atoms. The van der Waals surface area contributed by atoms with E-state index in [1.54, 1.807) is 0 Å². The highest BCUT2D eigenvalue weighted by atomic mass is 32.2. The number of carbonyl (C=O) groups is 1. The maximum absolute atomic E-state index is 12.5. The standard InChI is InChI=1S/C21H28N2O3S/c24-21(11-14-27(25,26)18-6-2-3-7-18)23-12-9-16(10-13-23)20-15-17-5-1-4-8-19(17)22-20/h1,4-5,8,15-16,18,22H,2-3,6-7,9-14H2. The summed E-state index contributed by atoms with van der Waals surface area (Å²) in [6, 6.07) is 10.5. The van der Waals surface area contributed by atoms with Gasteiger partial charge in [0.25, 0.3) is 0 Å². The molecule has 6 heteroatoms. The number of amides is 1. The molecule has 0 radical (unpaired) electrons. The molecule has 5 nitrogen and oxygen atoms in total. The van der Waals surface area contributed by atoms with Gasteiger partial charge in [-0.1, -0.05) is 31.0 Å². The molecular weight excluding hydrogens is 360 g/mol. The molecule has 2 fully saturated rings. The lowest BCUT2D eigenvalue weighted by molar-refractivity contribution is -0.131. The molecule has 0 bridgehead atoms. The fraction of sp³-hybridized carbons (Fsp3) is 0.571. The SMILES string of the molecule is O=C(CCS(=O)(=O)C1CCCC1)N1CCC(c2cc3ccccc3[nH]2)CC1. The number of nitrogens with one attached hydrogen (secondary N) is 1. The summed E-state index contributed by atoms with van der Waals surface area (Å²) in [5.74, 6) is 0.439. The van der Waals surface area contributed by atoms with E-state index in [2.05, 4.69) is 23.2 Å². The second-order valence-corrected chi connectivity index (χ2v) is 10.4. The Kier molecular flexibility index (Phi) is 5.26. The number of sulfone groups is 1. The molecule has 1 aliphatic heterocycles. The number of carbonyl (C=O) groups excluding carboxylic acids is 1. The Morgan fingerprint density at radius 1 is 1.07 bits per heavy atom. The summed E-state index contributed by atoms with van der Waals surface area (Å²) in [5, 5.41) is 1.01. The van der Waals surface area contributed by atoms with E-state index in [1.807, 2.05) is 17.0 Å². The minimum absolute atomic E-state index is 0.00771. The van der Waals surface area contributed by atoms with Gasteiger partial charge in [-0.15, -0.1) is 0 Å².